The van der Waals surface area contributed by atoms with E-state index in [0.717, 1.165) is 45.3 Å². The fraction of sp³-hybridized carbons (Fsp3) is 0.765. The maximum atomic E-state index is 12.3. The number of hydrogen-bond acceptors (Lipinski definition) is 4. The molecule has 1 aromatic rings. The SMILES string of the molecule is CC(C)N1CCC(C(=O)NCCc2nc3c(s2)CCC3)CC1. The average molecular weight is 321 g/mol. The number of nitrogens with one attached hydrogen (secondary N) is 1. The zero-order valence-corrected chi connectivity index (χ0v) is 14.5. The minimum atomic E-state index is 0.205. The number of likely N-dealkylation sites (tertiary alicyclic amines) is 1. The molecule has 5 heteroatoms. The van der Waals surface area contributed by atoms with Gasteiger partial charge in [0.05, 0.1) is 10.7 Å². The van der Waals surface area contributed by atoms with E-state index in [2.05, 4.69) is 24.1 Å². The topological polar surface area (TPSA) is 45.2 Å². The summed E-state index contributed by atoms with van der Waals surface area (Å²) in [7, 11) is 0. The third-order valence-electron chi connectivity index (χ3n) is 4.91. The van der Waals surface area contributed by atoms with Crippen molar-refractivity contribution in [2.75, 3.05) is 19.6 Å². The smallest absolute Gasteiger partial charge is 0.223 e. The van der Waals surface area contributed by atoms with E-state index in [-0.39, 0.29) is 11.8 Å². The van der Waals surface area contributed by atoms with Crippen LogP contribution in [0.25, 0.3) is 0 Å². The summed E-state index contributed by atoms with van der Waals surface area (Å²) < 4.78 is 0. The van der Waals surface area contributed by atoms with E-state index >= 15 is 0 Å². The molecule has 4 nitrogen and oxygen atoms in total. The molecule has 0 atom stereocenters. The lowest BCUT2D eigenvalue weighted by molar-refractivity contribution is -0.126. The molecule has 3 rings (SSSR count). The van der Waals surface area contributed by atoms with Crippen LogP contribution in [0, 0.1) is 5.92 Å². The first-order chi connectivity index (χ1) is 10.6. The Hall–Kier alpha value is -0.940. The highest BCUT2D eigenvalue weighted by Gasteiger charge is 2.25. The summed E-state index contributed by atoms with van der Waals surface area (Å²) in [5.74, 6) is 0.448. The standard InChI is InChI=1S/C17H27N3OS/c1-12(2)20-10-7-13(8-11-20)17(21)18-9-6-16-19-14-4-3-5-15(14)22-16/h12-13H,3-11H2,1-2H3,(H,18,21). The van der Waals surface area contributed by atoms with E-state index in [0.29, 0.717) is 6.04 Å². The summed E-state index contributed by atoms with van der Waals surface area (Å²) in [6.45, 7) is 7.29. The van der Waals surface area contributed by atoms with Crippen molar-refractivity contribution in [3.05, 3.63) is 15.6 Å². The van der Waals surface area contributed by atoms with Crippen LogP contribution in [0.2, 0.25) is 0 Å². The van der Waals surface area contributed by atoms with E-state index in [9.17, 15) is 4.79 Å². The van der Waals surface area contributed by atoms with Gasteiger partial charge in [0.15, 0.2) is 0 Å². The number of aryl methyl sites for hydroxylation is 2. The van der Waals surface area contributed by atoms with Gasteiger partial charge in [0.2, 0.25) is 5.91 Å². The highest BCUT2D eigenvalue weighted by molar-refractivity contribution is 7.11. The summed E-state index contributed by atoms with van der Waals surface area (Å²) >= 11 is 1.84. The van der Waals surface area contributed by atoms with E-state index < -0.39 is 0 Å². The van der Waals surface area contributed by atoms with Crippen molar-refractivity contribution in [2.24, 2.45) is 5.92 Å². The second kappa shape index (κ2) is 7.09. The van der Waals surface area contributed by atoms with Gasteiger partial charge in [0.1, 0.15) is 0 Å². The number of nitrogens with zero attached hydrogens (tertiary/aromatic N) is 2. The Morgan fingerprint density at radius 1 is 1.36 bits per heavy atom. The Morgan fingerprint density at radius 2 is 2.14 bits per heavy atom. The van der Waals surface area contributed by atoms with Crippen LogP contribution in [0.4, 0.5) is 0 Å². The number of piperidine rings is 1. The molecule has 2 aliphatic rings. The summed E-state index contributed by atoms with van der Waals surface area (Å²) in [6.07, 6.45) is 6.49. The van der Waals surface area contributed by atoms with Crippen molar-refractivity contribution >= 4 is 17.2 Å². The number of thiazole rings is 1. The molecule has 0 radical (unpaired) electrons. The van der Waals surface area contributed by atoms with Gasteiger partial charge in [0.25, 0.3) is 0 Å². The molecule has 0 aromatic carbocycles. The maximum absolute atomic E-state index is 12.3. The fourth-order valence-corrected chi connectivity index (χ4v) is 4.62. The van der Waals surface area contributed by atoms with E-state index in [4.69, 9.17) is 4.98 Å². The van der Waals surface area contributed by atoms with Crippen LogP contribution >= 0.6 is 11.3 Å². The number of fused-ring (bicyclic) bond motifs is 1. The summed E-state index contributed by atoms with van der Waals surface area (Å²) in [5.41, 5.74) is 1.31. The van der Waals surface area contributed by atoms with Crippen LogP contribution < -0.4 is 5.32 Å². The van der Waals surface area contributed by atoms with Crippen LogP contribution in [0.5, 0.6) is 0 Å². The summed E-state index contributed by atoms with van der Waals surface area (Å²) in [6, 6.07) is 0.593. The fourth-order valence-electron chi connectivity index (χ4n) is 3.47. The monoisotopic (exact) mass is 321 g/mol. The van der Waals surface area contributed by atoms with Crippen LogP contribution in [-0.4, -0.2) is 41.5 Å². The molecule has 1 saturated heterocycles. The number of carbonyl (C=O) groups is 1. The lowest BCUT2D eigenvalue weighted by Crippen LogP contribution is -2.43. The van der Waals surface area contributed by atoms with Gasteiger partial charge in [-0.25, -0.2) is 4.98 Å². The molecule has 22 heavy (non-hydrogen) atoms. The normalized spacial score (nSPS) is 19.6. The summed E-state index contributed by atoms with van der Waals surface area (Å²) in [5, 5.41) is 4.31. The first-order valence-electron chi connectivity index (χ1n) is 8.62. The van der Waals surface area contributed by atoms with Gasteiger partial charge < -0.3 is 10.2 Å². The Balaban J connectivity index is 1.39. The molecule has 122 valence electrons. The third kappa shape index (κ3) is 3.69. The average Bonchev–Trinajstić information content (AvgIpc) is 3.08. The molecule has 1 aliphatic heterocycles. The van der Waals surface area contributed by atoms with Gasteiger partial charge in [-0.05, 0) is 59.0 Å². The number of hydrogen-bond donors (Lipinski definition) is 1. The van der Waals surface area contributed by atoms with Gasteiger partial charge in [0, 0.05) is 29.8 Å². The largest absolute Gasteiger partial charge is 0.355 e. The van der Waals surface area contributed by atoms with Gasteiger partial charge in [-0.3, -0.25) is 4.79 Å². The highest BCUT2D eigenvalue weighted by Crippen LogP contribution is 2.27. The van der Waals surface area contributed by atoms with Gasteiger partial charge in [-0.1, -0.05) is 0 Å². The minimum absolute atomic E-state index is 0.205. The number of rotatable bonds is 5. The van der Waals surface area contributed by atoms with Crippen molar-refractivity contribution < 1.29 is 4.79 Å². The molecule has 1 fully saturated rings. The van der Waals surface area contributed by atoms with Gasteiger partial charge in [-0.2, -0.15) is 0 Å². The molecule has 1 aliphatic carbocycles. The molecule has 0 bridgehead atoms. The van der Waals surface area contributed by atoms with Crippen molar-refractivity contribution in [1.82, 2.24) is 15.2 Å². The molecule has 1 N–H and O–H groups in total. The second-order valence-electron chi connectivity index (χ2n) is 6.78. The Labute approximate surface area is 137 Å². The first kappa shape index (κ1) is 15.9. The molecule has 2 heterocycles. The second-order valence-corrected chi connectivity index (χ2v) is 7.94. The third-order valence-corrected chi connectivity index (χ3v) is 6.13. The van der Waals surface area contributed by atoms with E-state index in [1.165, 1.54) is 28.4 Å². The first-order valence-corrected chi connectivity index (χ1v) is 9.44. The van der Waals surface area contributed by atoms with Crippen LogP contribution in [0.15, 0.2) is 0 Å². The zero-order chi connectivity index (χ0) is 15.5. The molecule has 0 spiro atoms. The van der Waals surface area contributed by atoms with Crippen LogP contribution in [-0.2, 0) is 24.1 Å². The summed E-state index contributed by atoms with van der Waals surface area (Å²) in [4.78, 5) is 20.9. The molecular weight excluding hydrogens is 294 g/mol. The number of amides is 1. The Bertz CT molecular complexity index is 496. The van der Waals surface area contributed by atoms with Crippen LogP contribution in [0.3, 0.4) is 0 Å². The Kier molecular flexibility index (Phi) is 5.14. The number of aromatic nitrogens is 1. The van der Waals surface area contributed by atoms with Crippen molar-refractivity contribution in [3.8, 4) is 0 Å². The molecule has 0 unspecified atom stereocenters. The van der Waals surface area contributed by atoms with E-state index in [1.807, 2.05) is 11.3 Å². The van der Waals surface area contributed by atoms with Gasteiger partial charge >= 0.3 is 0 Å². The molecule has 1 aromatic heterocycles. The lowest BCUT2D eigenvalue weighted by atomic mass is 9.95. The maximum Gasteiger partial charge on any atom is 0.223 e. The predicted molar refractivity (Wildman–Crippen MR) is 90.3 cm³/mol. The zero-order valence-electron chi connectivity index (χ0n) is 13.7. The lowest BCUT2D eigenvalue weighted by Gasteiger charge is -2.33. The quantitative estimate of drug-likeness (QED) is 0.906. The highest BCUT2D eigenvalue weighted by atomic mass is 32.1. The van der Waals surface area contributed by atoms with Crippen molar-refractivity contribution in [3.63, 3.8) is 0 Å². The number of carbonyl (C=O) groups excluding carboxylic acids is 1. The minimum Gasteiger partial charge on any atom is -0.355 e. The van der Waals surface area contributed by atoms with E-state index in [1.54, 1.807) is 0 Å². The van der Waals surface area contributed by atoms with Crippen LogP contribution in [0.1, 0.15) is 48.7 Å². The molecular formula is C17H27N3OS. The predicted octanol–water partition coefficient (Wildman–Crippen LogP) is 2.41. The molecule has 0 saturated carbocycles. The Morgan fingerprint density at radius 3 is 2.82 bits per heavy atom. The van der Waals surface area contributed by atoms with Crippen molar-refractivity contribution in [2.45, 2.75) is 58.4 Å². The van der Waals surface area contributed by atoms with Gasteiger partial charge in [-0.15, -0.1) is 11.3 Å². The van der Waals surface area contributed by atoms with Crippen molar-refractivity contribution in [1.29, 1.82) is 0 Å². The molecule has 1 amide bonds.